The van der Waals surface area contributed by atoms with E-state index in [9.17, 15) is 18.7 Å². The second kappa shape index (κ2) is 6.17. The first-order valence-corrected chi connectivity index (χ1v) is 6.44. The lowest BCUT2D eigenvalue weighted by Crippen LogP contribution is -2.39. The summed E-state index contributed by atoms with van der Waals surface area (Å²) in [6.45, 7) is -2.46. The molecule has 110 valence electrons. The summed E-state index contributed by atoms with van der Waals surface area (Å²) in [5.41, 5.74) is 0.121. The van der Waals surface area contributed by atoms with E-state index in [1.54, 1.807) is 13.1 Å². The van der Waals surface area contributed by atoms with Crippen LogP contribution in [-0.2, 0) is 0 Å². The van der Waals surface area contributed by atoms with Crippen LogP contribution in [0.25, 0.3) is 0 Å². The van der Waals surface area contributed by atoms with Crippen molar-refractivity contribution >= 4 is 5.91 Å². The highest BCUT2D eigenvalue weighted by atomic mass is 19.3. The molecule has 0 saturated heterocycles. The average Bonchev–Trinajstić information content (AvgIpc) is 2.36. The monoisotopic (exact) mass is 285 g/mol. The van der Waals surface area contributed by atoms with Gasteiger partial charge in [-0.1, -0.05) is 12.1 Å². The lowest BCUT2D eigenvalue weighted by molar-refractivity contribution is -0.0503. The number of aliphatic hydroxyl groups is 1. The first-order valence-electron chi connectivity index (χ1n) is 6.44. The second-order valence-corrected chi connectivity index (χ2v) is 5.05. The molecule has 2 rings (SSSR count). The summed E-state index contributed by atoms with van der Waals surface area (Å²) in [7, 11) is 1.62. The number of hydrogen-bond donors (Lipinski definition) is 1. The van der Waals surface area contributed by atoms with E-state index in [2.05, 4.69) is 4.74 Å². The number of nitrogens with zero attached hydrogens (tertiary/aromatic N) is 1. The first kappa shape index (κ1) is 14.7. The number of carbonyl (C=O) groups excluding carboxylic acids is 1. The number of amides is 1. The molecule has 1 aromatic rings. The van der Waals surface area contributed by atoms with Crippen LogP contribution in [0.5, 0.6) is 5.75 Å². The van der Waals surface area contributed by atoms with Crippen LogP contribution in [0, 0.1) is 5.92 Å². The molecular formula is C14H17F2NO3. The van der Waals surface area contributed by atoms with Crippen molar-refractivity contribution in [1.29, 1.82) is 0 Å². The molecule has 0 spiro atoms. The molecule has 0 radical (unpaired) electrons. The molecule has 1 N–H and O–H groups in total. The van der Waals surface area contributed by atoms with Gasteiger partial charge in [-0.2, -0.15) is 8.78 Å². The Bertz CT molecular complexity index is 475. The number of para-hydroxylation sites is 1. The second-order valence-electron chi connectivity index (χ2n) is 5.05. The van der Waals surface area contributed by atoms with E-state index in [4.69, 9.17) is 0 Å². The highest BCUT2D eigenvalue weighted by Crippen LogP contribution is 2.28. The minimum absolute atomic E-state index is 0.118. The number of halogens is 2. The number of hydrogen-bond acceptors (Lipinski definition) is 3. The van der Waals surface area contributed by atoms with Crippen LogP contribution in [0.3, 0.4) is 0 Å². The van der Waals surface area contributed by atoms with Crippen molar-refractivity contribution in [2.75, 3.05) is 13.6 Å². The zero-order chi connectivity index (χ0) is 14.7. The maximum atomic E-state index is 12.3. The molecule has 4 nitrogen and oxygen atoms in total. The van der Waals surface area contributed by atoms with Gasteiger partial charge in [0.05, 0.1) is 11.7 Å². The number of benzene rings is 1. The third-order valence-electron chi connectivity index (χ3n) is 3.42. The fourth-order valence-corrected chi connectivity index (χ4v) is 2.37. The minimum atomic E-state index is -2.96. The molecule has 20 heavy (non-hydrogen) atoms. The molecule has 1 fully saturated rings. The van der Waals surface area contributed by atoms with E-state index in [0.29, 0.717) is 19.4 Å². The predicted octanol–water partition coefficient (Wildman–Crippen LogP) is 2.13. The molecule has 0 unspecified atom stereocenters. The molecule has 0 aromatic heterocycles. The van der Waals surface area contributed by atoms with Crippen LogP contribution >= 0.6 is 0 Å². The van der Waals surface area contributed by atoms with Gasteiger partial charge < -0.3 is 14.7 Å². The Morgan fingerprint density at radius 3 is 2.70 bits per heavy atom. The Labute approximate surface area is 116 Å². The molecule has 0 heterocycles. The number of aliphatic hydroxyl groups excluding tert-OH is 1. The van der Waals surface area contributed by atoms with Crippen LogP contribution in [0.15, 0.2) is 24.3 Å². The molecule has 1 aromatic carbocycles. The fourth-order valence-electron chi connectivity index (χ4n) is 2.37. The average molecular weight is 285 g/mol. The molecular weight excluding hydrogens is 268 g/mol. The number of rotatable bonds is 5. The molecule has 1 saturated carbocycles. The molecule has 6 heteroatoms. The number of alkyl halides is 2. The molecule has 0 aliphatic heterocycles. The van der Waals surface area contributed by atoms with Gasteiger partial charge in [-0.05, 0) is 30.9 Å². The van der Waals surface area contributed by atoms with Gasteiger partial charge in [-0.3, -0.25) is 4.79 Å². The van der Waals surface area contributed by atoms with Crippen LogP contribution in [0.2, 0.25) is 0 Å². The van der Waals surface area contributed by atoms with Gasteiger partial charge >= 0.3 is 6.61 Å². The summed E-state index contributed by atoms with van der Waals surface area (Å²) < 4.78 is 29.0. The summed E-state index contributed by atoms with van der Waals surface area (Å²) >= 11 is 0. The standard InChI is InChI=1S/C14H17F2NO3/c1-17(8-9-6-10(18)7-9)13(19)11-4-2-3-5-12(11)20-14(15)16/h2-5,9-10,14,18H,6-8H2,1H3. The smallest absolute Gasteiger partial charge is 0.387 e. The van der Waals surface area contributed by atoms with E-state index in [1.165, 1.54) is 23.1 Å². The van der Waals surface area contributed by atoms with Crippen molar-refractivity contribution in [2.45, 2.75) is 25.6 Å². The van der Waals surface area contributed by atoms with Crippen molar-refractivity contribution in [1.82, 2.24) is 4.90 Å². The Hall–Kier alpha value is -1.69. The Kier molecular flexibility index (Phi) is 4.54. The molecule has 1 aliphatic rings. The van der Waals surface area contributed by atoms with Gasteiger partial charge in [0.25, 0.3) is 5.91 Å². The maximum absolute atomic E-state index is 12.3. The Balaban J connectivity index is 2.04. The normalized spacial score (nSPS) is 21.4. The van der Waals surface area contributed by atoms with Crippen LogP contribution < -0.4 is 4.74 Å². The predicted molar refractivity (Wildman–Crippen MR) is 68.8 cm³/mol. The molecule has 1 amide bonds. The van der Waals surface area contributed by atoms with Crippen molar-refractivity contribution < 1.29 is 23.4 Å². The SMILES string of the molecule is CN(CC1CC(O)C1)C(=O)c1ccccc1OC(F)F. The van der Waals surface area contributed by atoms with Gasteiger partial charge in [0.1, 0.15) is 5.75 Å². The van der Waals surface area contributed by atoms with Gasteiger partial charge in [0, 0.05) is 13.6 Å². The van der Waals surface area contributed by atoms with Crippen LogP contribution in [0.4, 0.5) is 8.78 Å². The maximum Gasteiger partial charge on any atom is 0.387 e. The lowest BCUT2D eigenvalue weighted by Gasteiger charge is -2.34. The van der Waals surface area contributed by atoms with Gasteiger partial charge in [-0.15, -0.1) is 0 Å². The lowest BCUT2D eigenvalue weighted by atomic mass is 9.82. The van der Waals surface area contributed by atoms with Gasteiger partial charge in [-0.25, -0.2) is 0 Å². The van der Waals surface area contributed by atoms with Crippen LogP contribution in [-0.4, -0.2) is 42.2 Å². The van der Waals surface area contributed by atoms with E-state index in [0.717, 1.165) is 0 Å². The highest BCUT2D eigenvalue weighted by molar-refractivity contribution is 5.96. The summed E-state index contributed by atoms with van der Waals surface area (Å²) in [4.78, 5) is 13.7. The number of ether oxygens (including phenoxy) is 1. The minimum Gasteiger partial charge on any atom is -0.434 e. The van der Waals surface area contributed by atoms with Gasteiger partial charge in [0.2, 0.25) is 0 Å². The fraction of sp³-hybridized carbons (Fsp3) is 0.500. The van der Waals surface area contributed by atoms with Crippen molar-refractivity contribution in [3.05, 3.63) is 29.8 Å². The zero-order valence-electron chi connectivity index (χ0n) is 11.1. The topological polar surface area (TPSA) is 49.8 Å². The molecule has 1 aliphatic carbocycles. The van der Waals surface area contributed by atoms with E-state index in [1.807, 2.05) is 0 Å². The van der Waals surface area contributed by atoms with Crippen LogP contribution in [0.1, 0.15) is 23.2 Å². The quantitative estimate of drug-likeness (QED) is 0.901. The summed E-state index contributed by atoms with van der Waals surface area (Å²) in [6.07, 6.45) is 1.07. The highest BCUT2D eigenvalue weighted by Gasteiger charge is 2.30. The molecule has 0 bridgehead atoms. The first-order chi connectivity index (χ1) is 9.47. The van der Waals surface area contributed by atoms with Crippen molar-refractivity contribution in [3.8, 4) is 5.75 Å². The summed E-state index contributed by atoms with van der Waals surface area (Å²) in [5.74, 6) is -0.210. The van der Waals surface area contributed by atoms with Crippen molar-refractivity contribution in [3.63, 3.8) is 0 Å². The van der Waals surface area contributed by atoms with Gasteiger partial charge in [0.15, 0.2) is 0 Å². The number of carbonyl (C=O) groups is 1. The Morgan fingerprint density at radius 2 is 2.10 bits per heavy atom. The Morgan fingerprint density at radius 1 is 1.45 bits per heavy atom. The molecule has 0 atom stereocenters. The zero-order valence-corrected chi connectivity index (χ0v) is 11.1. The third-order valence-corrected chi connectivity index (χ3v) is 3.42. The summed E-state index contributed by atoms with van der Waals surface area (Å²) in [6, 6.07) is 5.95. The van der Waals surface area contributed by atoms with E-state index >= 15 is 0 Å². The largest absolute Gasteiger partial charge is 0.434 e. The summed E-state index contributed by atoms with van der Waals surface area (Å²) in [5, 5.41) is 9.22. The van der Waals surface area contributed by atoms with Crippen molar-refractivity contribution in [2.24, 2.45) is 5.92 Å². The van der Waals surface area contributed by atoms with E-state index < -0.39 is 6.61 Å². The third kappa shape index (κ3) is 3.45. The van der Waals surface area contributed by atoms with E-state index in [-0.39, 0.29) is 29.2 Å².